The lowest BCUT2D eigenvalue weighted by Gasteiger charge is -2.15. The first-order valence-electron chi connectivity index (χ1n) is 9.47. The van der Waals surface area contributed by atoms with Gasteiger partial charge in [-0.25, -0.2) is 0 Å². The van der Waals surface area contributed by atoms with Crippen LogP contribution in [0.1, 0.15) is 28.4 Å². The van der Waals surface area contributed by atoms with Crippen LogP contribution in [0.15, 0.2) is 77.7 Å². The highest BCUT2D eigenvalue weighted by molar-refractivity contribution is 7.98. The van der Waals surface area contributed by atoms with E-state index in [0.717, 1.165) is 22.1 Å². The summed E-state index contributed by atoms with van der Waals surface area (Å²) >= 11 is 7.65. The average Bonchev–Trinajstić information content (AvgIpc) is 2.73. The molecule has 0 aliphatic carbocycles. The number of rotatable bonds is 8. The third kappa shape index (κ3) is 6.84. The van der Waals surface area contributed by atoms with Crippen molar-refractivity contribution in [3.05, 3.63) is 94.5 Å². The van der Waals surface area contributed by atoms with Crippen LogP contribution in [0, 0.1) is 6.92 Å². The highest BCUT2D eigenvalue weighted by Crippen LogP contribution is 2.24. The molecule has 3 aromatic carbocycles. The van der Waals surface area contributed by atoms with Gasteiger partial charge in [-0.3, -0.25) is 4.79 Å². The summed E-state index contributed by atoms with van der Waals surface area (Å²) in [5.74, 6) is 1.55. The number of thioether (sulfide) groups is 1. The number of amides is 1. The van der Waals surface area contributed by atoms with Crippen molar-refractivity contribution in [3.63, 3.8) is 0 Å². The summed E-state index contributed by atoms with van der Waals surface area (Å²) in [6.07, 6.45) is 0. The van der Waals surface area contributed by atoms with Gasteiger partial charge in [0.1, 0.15) is 12.4 Å². The third-order valence-corrected chi connectivity index (χ3v) is 5.67. The predicted octanol–water partition coefficient (Wildman–Crippen LogP) is 6.14. The summed E-state index contributed by atoms with van der Waals surface area (Å²) in [6.45, 7) is 4.39. The second-order valence-electron chi connectivity index (χ2n) is 6.94. The number of aryl methyl sites for hydroxylation is 1. The smallest absolute Gasteiger partial charge is 0.251 e. The van der Waals surface area contributed by atoms with E-state index in [-0.39, 0.29) is 11.9 Å². The number of ether oxygens (including phenoxy) is 1. The van der Waals surface area contributed by atoms with E-state index in [2.05, 4.69) is 5.32 Å². The van der Waals surface area contributed by atoms with E-state index in [1.54, 1.807) is 11.8 Å². The Morgan fingerprint density at radius 2 is 1.66 bits per heavy atom. The van der Waals surface area contributed by atoms with Gasteiger partial charge in [0.15, 0.2) is 0 Å². The fourth-order valence-corrected chi connectivity index (χ4v) is 3.63. The molecule has 0 radical (unpaired) electrons. The van der Waals surface area contributed by atoms with Crippen molar-refractivity contribution in [2.24, 2.45) is 0 Å². The molecule has 3 rings (SSSR count). The normalized spacial score (nSPS) is 11.7. The topological polar surface area (TPSA) is 38.3 Å². The molecule has 0 saturated carbocycles. The number of carbonyl (C=O) groups excluding carboxylic acids is 1. The molecule has 1 atom stereocenters. The zero-order valence-corrected chi connectivity index (χ0v) is 18.1. The molecule has 0 bridgehead atoms. The Labute approximate surface area is 181 Å². The number of hydrogen-bond donors (Lipinski definition) is 1. The minimum Gasteiger partial charge on any atom is -0.491 e. The molecule has 150 valence electrons. The van der Waals surface area contributed by atoms with Crippen LogP contribution in [0.5, 0.6) is 5.75 Å². The maximum atomic E-state index is 12.4. The van der Waals surface area contributed by atoms with Crippen LogP contribution in [0.4, 0.5) is 0 Å². The standard InChI is InChI=1S/C24H24ClNO2S/c1-17-3-11-22(12-4-17)28-15-18(2)26-24(27)20-7-5-19(6-8-20)16-29-23-13-9-21(25)10-14-23/h3-14,18H,15-16H2,1-2H3,(H,26,27)/t18-/m1/s1. The van der Waals surface area contributed by atoms with Gasteiger partial charge in [-0.2, -0.15) is 0 Å². The summed E-state index contributed by atoms with van der Waals surface area (Å²) in [6, 6.07) is 23.3. The minimum absolute atomic E-state index is 0.0936. The first-order valence-corrected chi connectivity index (χ1v) is 10.8. The Bertz CT molecular complexity index is 925. The van der Waals surface area contributed by atoms with E-state index in [4.69, 9.17) is 16.3 Å². The maximum Gasteiger partial charge on any atom is 0.251 e. The second-order valence-corrected chi connectivity index (χ2v) is 8.42. The Kier molecular flexibility index (Phi) is 7.62. The summed E-state index contributed by atoms with van der Waals surface area (Å²) in [5, 5.41) is 3.72. The molecular weight excluding hydrogens is 402 g/mol. The van der Waals surface area contributed by atoms with Crippen LogP contribution < -0.4 is 10.1 Å². The number of halogens is 1. The van der Waals surface area contributed by atoms with Crippen molar-refractivity contribution >= 4 is 29.3 Å². The molecule has 3 nitrogen and oxygen atoms in total. The summed E-state index contributed by atoms with van der Waals surface area (Å²) in [7, 11) is 0. The number of benzene rings is 3. The highest BCUT2D eigenvalue weighted by atomic mass is 35.5. The zero-order chi connectivity index (χ0) is 20.6. The summed E-state index contributed by atoms with van der Waals surface area (Å²) in [5.41, 5.74) is 3.00. The van der Waals surface area contributed by atoms with Crippen molar-refractivity contribution in [2.45, 2.75) is 30.5 Å². The van der Waals surface area contributed by atoms with Crippen LogP contribution in [0.2, 0.25) is 5.02 Å². The summed E-state index contributed by atoms with van der Waals surface area (Å²) in [4.78, 5) is 13.6. The van der Waals surface area contributed by atoms with Crippen molar-refractivity contribution in [1.29, 1.82) is 0 Å². The van der Waals surface area contributed by atoms with E-state index in [1.165, 1.54) is 10.5 Å². The van der Waals surface area contributed by atoms with Gasteiger partial charge in [-0.05, 0) is 67.9 Å². The van der Waals surface area contributed by atoms with E-state index >= 15 is 0 Å². The lowest BCUT2D eigenvalue weighted by atomic mass is 10.1. The molecule has 0 aliphatic rings. The van der Waals surface area contributed by atoms with E-state index in [9.17, 15) is 4.79 Å². The molecule has 0 spiro atoms. The molecule has 0 aromatic heterocycles. The van der Waals surface area contributed by atoms with Gasteiger partial charge in [0.2, 0.25) is 0 Å². The zero-order valence-electron chi connectivity index (χ0n) is 16.5. The fraction of sp³-hybridized carbons (Fsp3) is 0.208. The van der Waals surface area contributed by atoms with E-state index in [1.807, 2.05) is 86.6 Å². The molecule has 3 aromatic rings. The molecule has 0 aliphatic heterocycles. The van der Waals surface area contributed by atoms with Gasteiger partial charge in [-0.1, -0.05) is 41.4 Å². The maximum absolute atomic E-state index is 12.4. The van der Waals surface area contributed by atoms with Gasteiger partial charge in [0.05, 0.1) is 6.04 Å². The Balaban J connectivity index is 1.46. The molecule has 1 amide bonds. The highest BCUT2D eigenvalue weighted by Gasteiger charge is 2.10. The fourth-order valence-electron chi connectivity index (χ4n) is 2.65. The molecule has 0 heterocycles. The van der Waals surface area contributed by atoms with Crippen LogP contribution in [-0.2, 0) is 5.75 Å². The molecule has 0 unspecified atom stereocenters. The monoisotopic (exact) mass is 425 g/mol. The SMILES string of the molecule is Cc1ccc(OC[C@@H](C)NC(=O)c2ccc(CSc3ccc(Cl)cc3)cc2)cc1. The molecule has 0 saturated heterocycles. The van der Waals surface area contributed by atoms with Crippen LogP contribution in [0.3, 0.4) is 0 Å². The van der Waals surface area contributed by atoms with E-state index in [0.29, 0.717) is 12.2 Å². The molecule has 0 fully saturated rings. The van der Waals surface area contributed by atoms with Gasteiger partial charge in [-0.15, -0.1) is 11.8 Å². The number of hydrogen-bond acceptors (Lipinski definition) is 3. The first-order chi connectivity index (χ1) is 14.0. The van der Waals surface area contributed by atoms with Crippen molar-refractivity contribution < 1.29 is 9.53 Å². The van der Waals surface area contributed by atoms with Gasteiger partial charge >= 0.3 is 0 Å². The Morgan fingerprint density at radius 1 is 1.00 bits per heavy atom. The lowest BCUT2D eigenvalue weighted by Crippen LogP contribution is -2.36. The van der Waals surface area contributed by atoms with Crippen LogP contribution >= 0.6 is 23.4 Å². The van der Waals surface area contributed by atoms with Gasteiger partial charge < -0.3 is 10.1 Å². The number of carbonyl (C=O) groups is 1. The average molecular weight is 426 g/mol. The van der Waals surface area contributed by atoms with E-state index < -0.39 is 0 Å². The van der Waals surface area contributed by atoms with Gasteiger partial charge in [0, 0.05) is 21.2 Å². The largest absolute Gasteiger partial charge is 0.491 e. The molecule has 5 heteroatoms. The second kappa shape index (κ2) is 10.4. The van der Waals surface area contributed by atoms with Gasteiger partial charge in [0.25, 0.3) is 5.91 Å². The number of nitrogens with one attached hydrogen (secondary N) is 1. The third-order valence-electron chi connectivity index (χ3n) is 4.33. The van der Waals surface area contributed by atoms with Crippen molar-refractivity contribution in [1.82, 2.24) is 5.32 Å². The minimum atomic E-state index is -0.0955. The Morgan fingerprint density at radius 3 is 2.31 bits per heavy atom. The lowest BCUT2D eigenvalue weighted by molar-refractivity contribution is 0.0926. The molecule has 1 N–H and O–H groups in total. The molecular formula is C24H24ClNO2S. The van der Waals surface area contributed by atoms with Crippen LogP contribution in [-0.4, -0.2) is 18.6 Å². The summed E-state index contributed by atoms with van der Waals surface area (Å²) < 4.78 is 5.73. The predicted molar refractivity (Wildman–Crippen MR) is 121 cm³/mol. The first kappa shape index (κ1) is 21.3. The molecule has 29 heavy (non-hydrogen) atoms. The Hall–Kier alpha value is -2.43. The van der Waals surface area contributed by atoms with Crippen molar-refractivity contribution in [3.8, 4) is 5.75 Å². The van der Waals surface area contributed by atoms with Crippen molar-refractivity contribution in [2.75, 3.05) is 6.61 Å². The quantitative estimate of drug-likeness (QED) is 0.440. The van der Waals surface area contributed by atoms with Crippen LogP contribution in [0.25, 0.3) is 0 Å².